The predicted octanol–water partition coefficient (Wildman–Crippen LogP) is 2.03. The average molecular weight is 192 g/mol. The van der Waals surface area contributed by atoms with E-state index in [0.717, 1.165) is 24.1 Å². The van der Waals surface area contributed by atoms with Crippen molar-refractivity contribution in [3.8, 4) is 0 Å². The third-order valence-corrected chi connectivity index (χ3v) is 1.81. The van der Waals surface area contributed by atoms with Crippen molar-refractivity contribution in [1.29, 1.82) is 0 Å². The summed E-state index contributed by atoms with van der Waals surface area (Å²) in [4.78, 5) is 14.4. The summed E-state index contributed by atoms with van der Waals surface area (Å²) in [5.41, 5.74) is 1.10. The summed E-state index contributed by atoms with van der Waals surface area (Å²) >= 11 is 0. The first-order valence-corrected chi connectivity index (χ1v) is 4.87. The van der Waals surface area contributed by atoms with Gasteiger partial charge in [-0.1, -0.05) is 6.07 Å². The number of pyridine rings is 1. The predicted molar refractivity (Wildman–Crippen MR) is 57.4 cm³/mol. The number of anilines is 1. The van der Waals surface area contributed by atoms with Crippen molar-refractivity contribution in [3.05, 3.63) is 23.9 Å². The second-order valence-corrected chi connectivity index (χ2v) is 3.56. The molecule has 0 radical (unpaired) electrons. The molecule has 0 unspecified atom stereocenters. The smallest absolute Gasteiger partial charge is 0.126 e. The Balaban J connectivity index is 2.54. The molecule has 0 aliphatic rings. The number of aldehydes is 1. The third-order valence-electron chi connectivity index (χ3n) is 1.81. The lowest BCUT2D eigenvalue weighted by molar-refractivity contribution is -0.107. The minimum atomic E-state index is 0.392. The zero-order valence-electron chi connectivity index (χ0n) is 8.66. The molecule has 0 spiro atoms. The number of hydrogen-bond acceptors (Lipinski definition) is 3. The highest BCUT2D eigenvalue weighted by Crippen LogP contribution is 2.07. The van der Waals surface area contributed by atoms with Crippen molar-refractivity contribution < 1.29 is 4.79 Å². The summed E-state index contributed by atoms with van der Waals surface area (Å²) in [6.07, 6.45) is 4.09. The van der Waals surface area contributed by atoms with Crippen molar-refractivity contribution in [3.63, 3.8) is 0 Å². The Bertz CT molecular complexity index is 280. The van der Waals surface area contributed by atoms with E-state index in [0.29, 0.717) is 12.5 Å². The van der Waals surface area contributed by atoms with E-state index >= 15 is 0 Å². The lowest BCUT2D eigenvalue weighted by Gasteiger charge is -2.08. The first kappa shape index (κ1) is 10.7. The molecule has 1 aromatic heterocycles. The molecule has 3 heteroatoms. The summed E-state index contributed by atoms with van der Waals surface area (Å²) in [5.74, 6) is 0.884. The van der Waals surface area contributed by atoms with E-state index in [1.807, 2.05) is 18.3 Å². The first-order chi connectivity index (χ1) is 6.72. The van der Waals surface area contributed by atoms with Gasteiger partial charge in [0.05, 0.1) is 0 Å². The van der Waals surface area contributed by atoms with Gasteiger partial charge in [0.1, 0.15) is 12.1 Å². The highest BCUT2D eigenvalue weighted by atomic mass is 16.1. The van der Waals surface area contributed by atoms with Gasteiger partial charge < -0.3 is 10.1 Å². The van der Waals surface area contributed by atoms with Crippen LogP contribution in [0.15, 0.2) is 18.3 Å². The second-order valence-electron chi connectivity index (χ2n) is 3.56. The molecule has 0 fully saturated rings. The molecule has 0 aromatic carbocycles. The first-order valence-electron chi connectivity index (χ1n) is 4.87. The SMILES string of the molecule is CC(C)Nc1ccc(CCC=O)cn1. The number of hydrogen-bond donors (Lipinski definition) is 1. The van der Waals surface area contributed by atoms with Crippen LogP contribution in [-0.4, -0.2) is 17.3 Å². The van der Waals surface area contributed by atoms with E-state index in [-0.39, 0.29) is 0 Å². The summed E-state index contributed by atoms with van der Waals surface area (Å²) in [5, 5.41) is 3.21. The van der Waals surface area contributed by atoms with Crippen LogP contribution in [0.5, 0.6) is 0 Å². The highest BCUT2D eigenvalue weighted by Gasteiger charge is 1.97. The van der Waals surface area contributed by atoms with Crippen LogP contribution in [0.4, 0.5) is 5.82 Å². The Hall–Kier alpha value is -1.38. The van der Waals surface area contributed by atoms with Gasteiger partial charge in [-0.3, -0.25) is 0 Å². The molecule has 1 aromatic rings. The molecule has 0 aliphatic heterocycles. The number of aryl methyl sites for hydroxylation is 1. The van der Waals surface area contributed by atoms with Crippen LogP contribution in [-0.2, 0) is 11.2 Å². The number of aromatic nitrogens is 1. The fourth-order valence-electron chi connectivity index (χ4n) is 1.18. The van der Waals surface area contributed by atoms with Crippen LogP contribution in [0, 0.1) is 0 Å². The zero-order chi connectivity index (χ0) is 10.4. The van der Waals surface area contributed by atoms with Crippen LogP contribution >= 0.6 is 0 Å². The molecule has 76 valence electrons. The molecule has 1 N–H and O–H groups in total. The number of carbonyl (C=O) groups is 1. The summed E-state index contributed by atoms with van der Waals surface area (Å²) in [6.45, 7) is 4.14. The normalized spacial score (nSPS) is 10.2. The van der Waals surface area contributed by atoms with Gasteiger partial charge in [0.15, 0.2) is 0 Å². The van der Waals surface area contributed by atoms with Gasteiger partial charge in [-0.2, -0.15) is 0 Å². The Morgan fingerprint density at radius 3 is 2.79 bits per heavy atom. The highest BCUT2D eigenvalue weighted by molar-refractivity contribution is 5.50. The Kier molecular flexibility index (Phi) is 4.11. The van der Waals surface area contributed by atoms with Gasteiger partial charge >= 0.3 is 0 Å². The molecule has 3 nitrogen and oxygen atoms in total. The van der Waals surface area contributed by atoms with Crippen LogP contribution in [0.3, 0.4) is 0 Å². The summed E-state index contributed by atoms with van der Waals surface area (Å²) in [6, 6.07) is 4.34. The molecular formula is C11H16N2O. The van der Waals surface area contributed by atoms with E-state index in [1.54, 1.807) is 0 Å². The van der Waals surface area contributed by atoms with Crippen molar-refractivity contribution in [2.24, 2.45) is 0 Å². The Morgan fingerprint density at radius 2 is 2.29 bits per heavy atom. The van der Waals surface area contributed by atoms with Gasteiger partial charge in [-0.05, 0) is 31.9 Å². The van der Waals surface area contributed by atoms with E-state index in [2.05, 4.69) is 24.1 Å². The average Bonchev–Trinajstić information content (AvgIpc) is 2.16. The molecule has 0 bridgehead atoms. The fraction of sp³-hybridized carbons (Fsp3) is 0.455. The quantitative estimate of drug-likeness (QED) is 0.726. The van der Waals surface area contributed by atoms with Gasteiger partial charge in [0.25, 0.3) is 0 Å². The molecular weight excluding hydrogens is 176 g/mol. The van der Waals surface area contributed by atoms with Crippen LogP contribution in [0.1, 0.15) is 25.8 Å². The second kappa shape index (κ2) is 5.37. The number of nitrogens with one attached hydrogen (secondary N) is 1. The molecule has 0 atom stereocenters. The van der Waals surface area contributed by atoms with Gasteiger partial charge in [0, 0.05) is 18.7 Å². The molecule has 1 rings (SSSR count). The minimum Gasteiger partial charge on any atom is -0.368 e. The standard InChI is InChI=1S/C11H16N2O/c1-9(2)13-11-6-5-10(8-12-11)4-3-7-14/h5-9H,3-4H2,1-2H3,(H,12,13). The Morgan fingerprint density at radius 1 is 1.50 bits per heavy atom. The Labute approximate surface area is 84.6 Å². The summed E-state index contributed by atoms with van der Waals surface area (Å²) in [7, 11) is 0. The molecule has 14 heavy (non-hydrogen) atoms. The van der Waals surface area contributed by atoms with Gasteiger partial charge in [-0.25, -0.2) is 4.98 Å². The van der Waals surface area contributed by atoms with Crippen molar-refractivity contribution in [2.45, 2.75) is 32.7 Å². The topological polar surface area (TPSA) is 42.0 Å². The number of nitrogens with zero attached hydrogens (tertiary/aromatic N) is 1. The maximum Gasteiger partial charge on any atom is 0.126 e. The molecule has 0 saturated heterocycles. The van der Waals surface area contributed by atoms with Crippen LogP contribution in [0.25, 0.3) is 0 Å². The maximum atomic E-state index is 10.2. The fourth-order valence-corrected chi connectivity index (χ4v) is 1.18. The van der Waals surface area contributed by atoms with E-state index < -0.39 is 0 Å². The largest absolute Gasteiger partial charge is 0.368 e. The minimum absolute atomic E-state index is 0.392. The van der Waals surface area contributed by atoms with E-state index in [4.69, 9.17) is 0 Å². The monoisotopic (exact) mass is 192 g/mol. The van der Waals surface area contributed by atoms with Crippen LogP contribution < -0.4 is 5.32 Å². The van der Waals surface area contributed by atoms with Crippen LogP contribution in [0.2, 0.25) is 0 Å². The summed E-state index contributed by atoms with van der Waals surface area (Å²) < 4.78 is 0. The lowest BCUT2D eigenvalue weighted by atomic mass is 10.2. The van der Waals surface area contributed by atoms with Crippen molar-refractivity contribution in [1.82, 2.24) is 4.98 Å². The van der Waals surface area contributed by atoms with E-state index in [1.165, 1.54) is 0 Å². The number of carbonyl (C=O) groups excluding carboxylic acids is 1. The van der Waals surface area contributed by atoms with Gasteiger partial charge in [0.2, 0.25) is 0 Å². The lowest BCUT2D eigenvalue weighted by Crippen LogP contribution is -2.10. The third kappa shape index (κ3) is 3.56. The zero-order valence-corrected chi connectivity index (χ0v) is 8.66. The molecule has 0 aliphatic carbocycles. The van der Waals surface area contributed by atoms with Crippen molar-refractivity contribution in [2.75, 3.05) is 5.32 Å². The molecule has 1 heterocycles. The van der Waals surface area contributed by atoms with Crippen molar-refractivity contribution >= 4 is 12.1 Å². The van der Waals surface area contributed by atoms with E-state index in [9.17, 15) is 4.79 Å². The van der Waals surface area contributed by atoms with Gasteiger partial charge in [-0.15, -0.1) is 0 Å². The maximum absolute atomic E-state index is 10.2. The molecule has 0 amide bonds. The molecule has 0 saturated carbocycles. The number of rotatable bonds is 5.